The molecule has 0 spiro atoms. The zero-order valence-electron chi connectivity index (χ0n) is 8.95. The van der Waals surface area contributed by atoms with Gasteiger partial charge in [-0.25, -0.2) is 0 Å². The lowest BCUT2D eigenvalue weighted by Crippen LogP contribution is -2.22. The molecule has 4 heteroatoms. The van der Waals surface area contributed by atoms with Gasteiger partial charge in [-0.05, 0) is 19.1 Å². The largest absolute Gasteiger partial charge is 0.469 e. The Morgan fingerprint density at radius 1 is 1.53 bits per heavy atom. The summed E-state index contributed by atoms with van der Waals surface area (Å²) in [4.78, 5) is 14.1. The number of carbonyl (C=O) groups excluding carboxylic acids is 1. The van der Waals surface area contributed by atoms with Gasteiger partial charge in [0.2, 0.25) is 0 Å². The van der Waals surface area contributed by atoms with E-state index in [1.54, 1.807) is 11.3 Å². The second-order valence-corrected chi connectivity index (χ2v) is 5.16. The highest BCUT2D eigenvalue weighted by molar-refractivity contribution is 7.12. The summed E-state index contributed by atoms with van der Waals surface area (Å²) < 4.78 is 4.82. The van der Waals surface area contributed by atoms with Gasteiger partial charge in [-0.1, -0.05) is 0 Å². The first-order valence-corrected chi connectivity index (χ1v) is 5.89. The van der Waals surface area contributed by atoms with Crippen LogP contribution >= 0.6 is 11.3 Å². The number of hydrogen-bond acceptors (Lipinski definition) is 4. The summed E-state index contributed by atoms with van der Waals surface area (Å²) in [5.41, 5.74) is 0. The van der Waals surface area contributed by atoms with E-state index in [1.807, 2.05) is 0 Å². The molecule has 0 amide bonds. The minimum absolute atomic E-state index is 0.0203. The third kappa shape index (κ3) is 2.06. The highest BCUT2D eigenvalue weighted by Crippen LogP contribution is 2.33. The van der Waals surface area contributed by atoms with Crippen molar-refractivity contribution in [1.29, 1.82) is 0 Å². The molecule has 1 aliphatic rings. The summed E-state index contributed by atoms with van der Waals surface area (Å²) >= 11 is 1.77. The second kappa shape index (κ2) is 4.33. The number of methoxy groups -OCH3 is 1. The number of ether oxygens (including phenoxy) is 1. The van der Waals surface area contributed by atoms with E-state index in [0.717, 1.165) is 13.1 Å². The minimum atomic E-state index is -0.101. The molecule has 82 valence electrons. The van der Waals surface area contributed by atoms with Crippen LogP contribution in [0.3, 0.4) is 0 Å². The minimum Gasteiger partial charge on any atom is -0.469 e. The summed E-state index contributed by atoms with van der Waals surface area (Å²) in [6.45, 7) is 3.69. The first kappa shape index (κ1) is 10.6. The van der Waals surface area contributed by atoms with Crippen LogP contribution in [-0.4, -0.2) is 26.2 Å². The standard InChI is InChI=1S/C11H15NO2S/c1-7-3-4-10(15-7)8-5-12-6-9(8)11(13)14-2/h3-4,8-9,12H,5-6H2,1-2H3/t8-,9-/m1/s1. The second-order valence-electron chi connectivity index (χ2n) is 3.84. The number of carbonyl (C=O) groups is 1. The molecule has 1 aromatic heterocycles. The van der Waals surface area contributed by atoms with Gasteiger partial charge in [-0.2, -0.15) is 0 Å². The van der Waals surface area contributed by atoms with Gasteiger partial charge in [0, 0.05) is 28.8 Å². The van der Waals surface area contributed by atoms with Crippen LogP contribution in [0.25, 0.3) is 0 Å². The first-order valence-electron chi connectivity index (χ1n) is 5.07. The fourth-order valence-electron chi connectivity index (χ4n) is 2.03. The molecule has 2 heterocycles. The van der Waals surface area contributed by atoms with Gasteiger partial charge in [-0.15, -0.1) is 11.3 Å². The van der Waals surface area contributed by atoms with E-state index in [9.17, 15) is 4.79 Å². The highest BCUT2D eigenvalue weighted by Gasteiger charge is 2.35. The lowest BCUT2D eigenvalue weighted by Gasteiger charge is -2.14. The van der Waals surface area contributed by atoms with Crippen LogP contribution in [-0.2, 0) is 9.53 Å². The molecule has 0 aromatic carbocycles. The van der Waals surface area contributed by atoms with Crippen molar-refractivity contribution in [1.82, 2.24) is 5.32 Å². The van der Waals surface area contributed by atoms with Crippen LogP contribution in [0.4, 0.5) is 0 Å². The van der Waals surface area contributed by atoms with E-state index in [2.05, 4.69) is 24.4 Å². The van der Waals surface area contributed by atoms with Gasteiger partial charge >= 0.3 is 5.97 Å². The average molecular weight is 225 g/mol. The fraction of sp³-hybridized carbons (Fsp3) is 0.545. The smallest absolute Gasteiger partial charge is 0.310 e. The van der Waals surface area contributed by atoms with Crippen molar-refractivity contribution in [3.8, 4) is 0 Å². The summed E-state index contributed by atoms with van der Waals surface area (Å²) in [5.74, 6) is 0.167. The Kier molecular flexibility index (Phi) is 3.07. The summed E-state index contributed by atoms with van der Waals surface area (Å²) in [7, 11) is 1.46. The van der Waals surface area contributed by atoms with Crippen LogP contribution < -0.4 is 5.32 Å². The molecule has 0 aliphatic carbocycles. The summed E-state index contributed by atoms with van der Waals surface area (Å²) in [6.07, 6.45) is 0. The van der Waals surface area contributed by atoms with E-state index < -0.39 is 0 Å². The molecule has 0 radical (unpaired) electrons. The molecule has 2 rings (SSSR count). The van der Waals surface area contributed by atoms with E-state index in [-0.39, 0.29) is 17.8 Å². The Labute approximate surface area is 93.4 Å². The number of rotatable bonds is 2. The molecule has 3 nitrogen and oxygen atoms in total. The molecule has 0 saturated carbocycles. The molecular weight excluding hydrogens is 210 g/mol. The Morgan fingerprint density at radius 3 is 2.93 bits per heavy atom. The van der Waals surface area contributed by atoms with E-state index in [1.165, 1.54) is 16.9 Å². The third-order valence-corrected chi connectivity index (χ3v) is 3.98. The van der Waals surface area contributed by atoms with Crippen molar-refractivity contribution >= 4 is 17.3 Å². The molecule has 1 N–H and O–H groups in total. The maximum Gasteiger partial charge on any atom is 0.310 e. The molecule has 0 unspecified atom stereocenters. The van der Waals surface area contributed by atoms with E-state index in [4.69, 9.17) is 4.74 Å². The lowest BCUT2D eigenvalue weighted by molar-refractivity contribution is -0.145. The Morgan fingerprint density at radius 2 is 2.33 bits per heavy atom. The Bertz CT molecular complexity index is 361. The number of thiophene rings is 1. The number of esters is 1. The molecular formula is C11H15NO2S. The van der Waals surface area contributed by atoms with Gasteiger partial charge in [-0.3, -0.25) is 4.79 Å². The van der Waals surface area contributed by atoms with Crippen LogP contribution in [0.15, 0.2) is 12.1 Å². The van der Waals surface area contributed by atoms with Crippen molar-refractivity contribution in [2.24, 2.45) is 5.92 Å². The van der Waals surface area contributed by atoms with Crippen molar-refractivity contribution < 1.29 is 9.53 Å². The van der Waals surface area contributed by atoms with Crippen molar-refractivity contribution in [2.75, 3.05) is 20.2 Å². The maximum atomic E-state index is 11.5. The predicted molar refractivity (Wildman–Crippen MR) is 60.2 cm³/mol. The van der Waals surface area contributed by atoms with Crippen LogP contribution in [0, 0.1) is 12.8 Å². The van der Waals surface area contributed by atoms with Crippen LogP contribution in [0.2, 0.25) is 0 Å². The molecule has 2 atom stereocenters. The van der Waals surface area contributed by atoms with Crippen molar-refractivity contribution in [3.63, 3.8) is 0 Å². The molecule has 1 aromatic rings. The van der Waals surface area contributed by atoms with Gasteiger partial charge in [0.15, 0.2) is 0 Å². The third-order valence-electron chi connectivity index (χ3n) is 2.84. The van der Waals surface area contributed by atoms with Gasteiger partial charge < -0.3 is 10.1 Å². The zero-order valence-corrected chi connectivity index (χ0v) is 9.76. The normalized spacial score (nSPS) is 25.5. The maximum absolute atomic E-state index is 11.5. The van der Waals surface area contributed by atoms with Crippen molar-refractivity contribution in [2.45, 2.75) is 12.8 Å². The number of hydrogen-bond donors (Lipinski definition) is 1. The van der Waals surface area contributed by atoms with Gasteiger partial charge in [0.1, 0.15) is 0 Å². The molecule has 0 bridgehead atoms. The first-order chi connectivity index (χ1) is 7.22. The quantitative estimate of drug-likeness (QED) is 0.776. The monoisotopic (exact) mass is 225 g/mol. The highest BCUT2D eigenvalue weighted by atomic mass is 32.1. The molecule has 1 fully saturated rings. The van der Waals surface area contributed by atoms with Gasteiger partial charge in [0.05, 0.1) is 13.0 Å². The Balaban J connectivity index is 2.18. The van der Waals surface area contributed by atoms with E-state index >= 15 is 0 Å². The molecule has 15 heavy (non-hydrogen) atoms. The SMILES string of the molecule is COC(=O)[C@@H]1CNC[C@H]1c1ccc(C)s1. The summed E-state index contributed by atoms with van der Waals surface area (Å²) in [6, 6.07) is 4.22. The van der Waals surface area contributed by atoms with Crippen molar-refractivity contribution in [3.05, 3.63) is 21.9 Å². The average Bonchev–Trinajstić information content (AvgIpc) is 2.84. The molecule has 1 saturated heterocycles. The van der Waals surface area contributed by atoms with Crippen LogP contribution in [0.5, 0.6) is 0 Å². The number of aryl methyl sites for hydroxylation is 1. The topological polar surface area (TPSA) is 38.3 Å². The number of nitrogens with one attached hydrogen (secondary N) is 1. The molecule has 1 aliphatic heterocycles. The predicted octanol–water partition coefficient (Wildman–Crippen LogP) is 1.53. The van der Waals surface area contributed by atoms with Crippen LogP contribution in [0.1, 0.15) is 15.7 Å². The summed E-state index contributed by atoms with van der Waals surface area (Å²) in [5, 5.41) is 3.25. The fourth-order valence-corrected chi connectivity index (χ4v) is 3.07. The van der Waals surface area contributed by atoms with Gasteiger partial charge in [0.25, 0.3) is 0 Å². The Hall–Kier alpha value is -0.870. The van der Waals surface area contributed by atoms with E-state index in [0.29, 0.717) is 0 Å². The lowest BCUT2D eigenvalue weighted by atomic mass is 9.95. The zero-order chi connectivity index (χ0) is 10.8.